The molecule has 0 fully saturated rings. The Morgan fingerprint density at radius 2 is 1.67 bits per heavy atom. The Morgan fingerprint density at radius 3 is 2.19 bits per heavy atom. The van der Waals surface area contributed by atoms with Crippen molar-refractivity contribution in [2.45, 2.75) is 38.6 Å². The fourth-order valence-corrected chi connectivity index (χ4v) is 4.30. The summed E-state index contributed by atoms with van der Waals surface area (Å²) in [6.07, 6.45) is 0. The fraction of sp³-hybridized carbons (Fsp3) is 0.263. The van der Waals surface area contributed by atoms with Gasteiger partial charge in [0.2, 0.25) is 5.91 Å². The second-order valence-electron chi connectivity index (χ2n) is 6.31. The van der Waals surface area contributed by atoms with Gasteiger partial charge in [0.25, 0.3) is 10.0 Å². The van der Waals surface area contributed by atoms with Gasteiger partial charge in [-0.2, -0.15) is 0 Å². The maximum atomic E-state index is 13.3. The second kappa shape index (κ2) is 7.79. The van der Waals surface area contributed by atoms with Crippen molar-refractivity contribution in [2.75, 3.05) is 9.62 Å². The third-order valence-electron chi connectivity index (χ3n) is 4.04. The first-order valence-corrected chi connectivity index (χ1v) is 9.70. The molecule has 1 atom stereocenters. The summed E-state index contributed by atoms with van der Waals surface area (Å²) < 4.78 is 27.4. The van der Waals surface area contributed by atoms with E-state index < -0.39 is 22.0 Å². The predicted molar refractivity (Wildman–Crippen MR) is 103 cm³/mol. The summed E-state index contributed by atoms with van der Waals surface area (Å²) in [6, 6.07) is 9.53. The van der Waals surface area contributed by atoms with Gasteiger partial charge in [0.1, 0.15) is 6.04 Å². The van der Waals surface area contributed by atoms with Gasteiger partial charge in [-0.3, -0.25) is 9.10 Å². The Hall–Kier alpha value is -2.87. The summed E-state index contributed by atoms with van der Waals surface area (Å²) in [5.74, 6) is -1.53. The molecule has 8 heteroatoms. The van der Waals surface area contributed by atoms with E-state index in [9.17, 15) is 23.1 Å². The van der Waals surface area contributed by atoms with Crippen molar-refractivity contribution in [1.82, 2.24) is 0 Å². The molecule has 0 spiro atoms. The average molecular weight is 390 g/mol. The molecule has 144 valence electrons. The number of anilines is 2. The van der Waals surface area contributed by atoms with Crippen LogP contribution >= 0.6 is 0 Å². The number of nitrogens with zero attached hydrogens (tertiary/aromatic N) is 1. The minimum Gasteiger partial charge on any atom is -0.480 e. The van der Waals surface area contributed by atoms with Crippen LogP contribution in [0.5, 0.6) is 0 Å². The van der Waals surface area contributed by atoms with Crippen molar-refractivity contribution in [2.24, 2.45) is 0 Å². The number of carbonyl (C=O) groups excluding carboxylic acids is 1. The number of amides is 1. The highest BCUT2D eigenvalue weighted by atomic mass is 32.2. The predicted octanol–water partition coefficient (Wildman–Crippen LogP) is 2.93. The third kappa shape index (κ3) is 4.46. The Labute approximate surface area is 158 Å². The number of carboxylic acids is 1. The van der Waals surface area contributed by atoms with Gasteiger partial charge >= 0.3 is 5.97 Å². The van der Waals surface area contributed by atoms with Crippen molar-refractivity contribution >= 4 is 33.3 Å². The molecular weight excluding hydrogens is 368 g/mol. The zero-order chi connectivity index (χ0) is 20.4. The molecule has 0 aliphatic heterocycles. The van der Waals surface area contributed by atoms with E-state index in [1.807, 2.05) is 6.07 Å². The Kier molecular flexibility index (Phi) is 5.90. The number of rotatable bonds is 6. The van der Waals surface area contributed by atoms with Crippen LogP contribution in [0.3, 0.4) is 0 Å². The molecule has 0 aromatic heterocycles. The van der Waals surface area contributed by atoms with Gasteiger partial charge < -0.3 is 10.4 Å². The topological polar surface area (TPSA) is 104 Å². The number of sulfonamides is 1. The van der Waals surface area contributed by atoms with Gasteiger partial charge in [-0.15, -0.1) is 0 Å². The van der Waals surface area contributed by atoms with E-state index in [0.29, 0.717) is 16.9 Å². The summed E-state index contributed by atoms with van der Waals surface area (Å²) in [5.41, 5.74) is 2.23. The minimum atomic E-state index is -4.14. The molecule has 0 heterocycles. The smallest absolute Gasteiger partial charge is 0.327 e. The van der Waals surface area contributed by atoms with Crippen molar-refractivity contribution < 1.29 is 23.1 Å². The lowest BCUT2D eigenvalue weighted by molar-refractivity contribution is -0.137. The third-order valence-corrected chi connectivity index (χ3v) is 5.94. The average Bonchev–Trinajstić information content (AvgIpc) is 2.57. The maximum absolute atomic E-state index is 13.3. The first-order valence-electron chi connectivity index (χ1n) is 8.26. The maximum Gasteiger partial charge on any atom is 0.327 e. The Morgan fingerprint density at radius 1 is 1.07 bits per heavy atom. The van der Waals surface area contributed by atoms with Crippen LogP contribution in [0.4, 0.5) is 11.4 Å². The van der Waals surface area contributed by atoms with E-state index in [1.54, 1.807) is 26.0 Å². The van der Waals surface area contributed by atoms with Gasteiger partial charge in [0.05, 0.1) is 10.6 Å². The molecule has 0 bridgehead atoms. The van der Waals surface area contributed by atoms with Gasteiger partial charge in [0.15, 0.2) is 0 Å². The monoisotopic (exact) mass is 390 g/mol. The number of hydrogen-bond acceptors (Lipinski definition) is 4. The van der Waals surface area contributed by atoms with E-state index in [-0.39, 0.29) is 10.8 Å². The lowest BCUT2D eigenvalue weighted by Gasteiger charge is -2.29. The number of benzene rings is 2. The number of carbonyl (C=O) groups is 2. The van der Waals surface area contributed by atoms with Crippen LogP contribution in [-0.2, 0) is 19.6 Å². The molecule has 2 N–H and O–H groups in total. The van der Waals surface area contributed by atoms with Crippen LogP contribution in [0.2, 0.25) is 0 Å². The highest BCUT2D eigenvalue weighted by molar-refractivity contribution is 7.93. The molecule has 0 saturated carbocycles. The number of aliphatic carboxylic acids is 1. The molecule has 0 saturated heterocycles. The summed E-state index contributed by atoms with van der Waals surface area (Å²) in [5, 5.41) is 12.0. The normalized spacial score (nSPS) is 12.3. The lowest BCUT2D eigenvalue weighted by Crippen LogP contribution is -2.43. The van der Waals surface area contributed by atoms with Gasteiger partial charge in [0, 0.05) is 12.6 Å². The molecule has 0 aliphatic carbocycles. The van der Waals surface area contributed by atoms with Crippen LogP contribution in [0, 0.1) is 13.8 Å². The van der Waals surface area contributed by atoms with Crippen LogP contribution in [0.1, 0.15) is 25.0 Å². The van der Waals surface area contributed by atoms with E-state index in [2.05, 4.69) is 5.32 Å². The molecule has 0 aliphatic rings. The summed E-state index contributed by atoms with van der Waals surface area (Å²) in [4.78, 5) is 22.7. The van der Waals surface area contributed by atoms with Crippen molar-refractivity contribution in [3.63, 3.8) is 0 Å². The van der Waals surface area contributed by atoms with Crippen LogP contribution in [-0.4, -0.2) is 31.4 Å². The molecule has 1 unspecified atom stereocenters. The van der Waals surface area contributed by atoms with Gasteiger partial charge in [-0.1, -0.05) is 12.1 Å². The zero-order valence-corrected chi connectivity index (χ0v) is 16.4. The fourth-order valence-electron chi connectivity index (χ4n) is 2.63. The molecule has 2 rings (SSSR count). The number of aryl methyl sites for hydroxylation is 2. The SMILES string of the molecule is CC(=O)Nc1ccc(S(=O)(=O)N(c2cc(C)ccc2C)C(C)C(=O)O)cc1. The summed E-state index contributed by atoms with van der Waals surface area (Å²) in [7, 11) is -4.14. The second-order valence-corrected chi connectivity index (χ2v) is 8.13. The molecule has 2 aromatic rings. The van der Waals surface area contributed by atoms with E-state index >= 15 is 0 Å². The van der Waals surface area contributed by atoms with Gasteiger partial charge in [-0.25, -0.2) is 13.2 Å². The molecule has 2 aromatic carbocycles. The molecule has 1 amide bonds. The molecule has 27 heavy (non-hydrogen) atoms. The van der Waals surface area contributed by atoms with Crippen LogP contribution in [0.15, 0.2) is 47.4 Å². The highest BCUT2D eigenvalue weighted by Gasteiger charge is 2.34. The molecule has 0 radical (unpaired) electrons. The quantitative estimate of drug-likeness (QED) is 0.789. The molecular formula is C19H22N2O5S. The van der Waals surface area contributed by atoms with E-state index in [0.717, 1.165) is 9.87 Å². The summed E-state index contributed by atoms with van der Waals surface area (Å²) >= 11 is 0. The lowest BCUT2D eigenvalue weighted by atomic mass is 10.1. The largest absolute Gasteiger partial charge is 0.480 e. The molecule has 7 nitrogen and oxygen atoms in total. The van der Waals surface area contributed by atoms with Gasteiger partial charge in [-0.05, 0) is 62.2 Å². The summed E-state index contributed by atoms with van der Waals surface area (Å²) in [6.45, 7) is 6.21. The zero-order valence-electron chi connectivity index (χ0n) is 15.6. The van der Waals surface area contributed by atoms with Crippen LogP contribution in [0.25, 0.3) is 0 Å². The highest BCUT2D eigenvalue weighted by Crippen LogP contribution is 2.30. The van der Waals surface area contributed by atoms with E-state index in [1.165, 1.54) is 38.1 Å². The number of hydrogen-bond donors (Lipinski definition) is 2. The van der Waals surface area contributed by atoms with Crippen LogP contribution < -0.4 is 9.62 Å². The standard InChI is InChI=1S/C19H22N2O5S/c1-12-5-6-13(2)18(11-12)21(14(3)19(23)24)27(25,26)17-9-7-16(8-10-17)20-15(4)22/h5-11,14H,1-4H3,(H,20,22)(H,23,24). The Bertz CT molecular complexity index is 968. The number of carboxylic acid groups (broad SMARTS) is 1. The van der Waals surface area contributed by atoms with Crippen molar-refractivity contribution in [3.05, 3.63) is 53.6 Å². The van der Waals surface area contributed by atoms with Crippen molar-refractivity contribution in [3.8, 4) is 0 Å². The van der Waals surface area contributed by atoms with Crippen molar-refractivity contribution in [1.29, 1.82) is 0 Å². The minimum absolute atomic E-state index is 0.0643. The number of nitrogens with one attached hydrogen (secondary N) is 1. The first kappa shape index (κ1) is 20.4. The first-order chi connectivity index (χ1) is 12.5. The Balaban J connectivity index is 2.58. The van der Waals surface area contributed by atoms with E-state index in [4.69, 9.17) is 0 Å².